The van der Waals surface area contributed by atoms with Crippen LogP contribution < -0.4 is 19.9 Å². The summed E-state index contributed by atoms with van der Waals surface area (Å²) in [7, 11) is 3.20. The Morgan fingerprint density at radius 3 is 2.25 bits per heavy atom. The van der Waals surface area contributed by atoms with Gasteiger partial charge in [0.25, 0.3) is 0 Å². The summed E-state index contributed by atoms with van der Waals surface area (Å²) in [5, 5.41) is 4.49. The van der Waals surface area contributed by atoms with E-state index >= 15 is 0 Å². The molecule has 0 saturated heterocycles. The fourth-order valence-corrected chi connectivity index (χ4v) is 2.61. The van der Waals surface area contributed by atoms with E-state index < -0.39 is 6.09 Å². The number of nitrogens with two attached hydrogens (primary N) is 1. The normalized spacial score (nSPS) is 10.4. The van der Waals surface area contributed by atoms with Gasteiger partial charge < -0.3 is 24.7 Å². The Labute approximate surface area is 162 Å². The predicted octanol–water partition coefficient (Wildman–Crippen LogP) is 3.03. The molecule has 0 atom stereocenters. The number of aromatic nitrogens is 2. The van der Waals surface area contributed by atoms with Crippen molar-refractivity contribution in [2.45, 2.75) is 0 Å². The van der Waals surface area contributed by atoms with Crippen LogP contribution in [0.3, 0.4) is 0 Å². The SMILES string of the molecule is COc1ccc(-n2nc(OC)cc2-c2ccc(OCCOC(N)=O)cc2)cc1. The monoisotopic (exact) mass is 383 g/mol. The van der Waals surface area contributed by atoms with Gasteiger partial charge in [-0.05, 0) is 48.5 Å². The highest BCUT2D eigenvalue weighted by Crippen LogP contribution is 2.29. The lowest BCUT2D eigenvalue weighted by molar-refractivity contribution is 0.134. The maximum absolute atomic E-state index is 10.5. The number of carbonyl (C=O) groups excluding carboxylic acids is 1. The van der Waals surface area contributed by atoms with E-state index in [2.05, 4.69) is 9.84 Å². The van der Waals surface area contributed by atoms with Gasteiger partial charge in [-0.15, -0.1) is 5.10 Å². The number of primary amides is 1. The number of benzene rings is 2. The van der Waals surface area contributed by atoms with Crippen LogP contribution >= 0.6 is 0 Å². The molecule has 2 N–H and O–H groups in total. The molecule has 0 fully saturated rings. The minimum Gasteiger partial charge on any atom is -0.497 e. The molecule has 0 unspecified atom stereocenters. The number of hydrogen-bond donors (Lipinski definition) is 1. The van der Waals surface area contributed by atoms with Crippen molar-refractivity contribution in [2.75, 3.05) is 27.4 Å². The molecular weight excluding hydrogens is 362 g/mol. The third-order valence-electron chi connectivity index (χ3n) is 3.96. The van der Waals surface area contributed by atoms with Crippen LogP contribution in [0.2, 0.25) is 0 Å². The lowest BCUT2D eigenvalue weighted by atomic mass is 10.1. The van der Waals surface area contributed by atoms with Crippen LogP contribution in [-0.2, 0) is 4.74 Å². The zero-order valence-corrected chi connectivity index (χ0v) is 15.6. The minimum absolute atomic E-state index is 0.0958. The van der Waals surface area contributed by atoms with Gasteiger partial charge >= 0.3 is 6.09 Å². The van der Waals surface area contributed by atoms with Crippen molar-refractivity contribution >= 4 is 6.09 Å². The number of hydrogen-bond acceptors (Lipinski definition) is 6. The van der Waals surface area contributed by atoms with Crippen molar-refractivity contribution in [3.63, 3.8) is 0 Å². The van der Waals surface area contributed by atoms with E-state index in [1.54, 1.807) is 18.9 Å². The second-order valence-electron chi connectivity index (χ2n) is 5.72. The van der Waals surface area contributed by atoms with Gasteiger partial charge in [-0.2, -0.15) is 0 Å². The van der Waals surface area contributed by atoms with Gasteiger partial charge in [0.05, 0.1) is 25.6 Å². The number of methoxy groups -OCH3 is 2. The lowest BCUT2D eigenvalue weighted by Gasteiger charge is -2.10. The Bertz CT molecular complexity index is 920. The number of amides is 1. The van der Waals surface area contributed by atoms with Gasteiger partial charge in [0.1, 0.15) is 24.7 Å². The summed E-state index contributed by atoms with van der Waals surface area (Å²) >= 11 is 0. The largest absolute Gasteiger partial charge is 0.497 e. The average Bonchev–Trinajstić information content (AvgIpc) is 3.16. The number of nitrogens with zero attached hydrogens (tertiary/aromatic N) is 2. The molecular formula is C20H21N3O5. The number of rotatable bonds is 8. The summed E-state index contributed by atoms with van der Waals surface area (Å²) in [6.07, 6.45) is -0.820. The van der Waals surface area contributed by atoms with Crippen molar-refractivity contribution in [1.29, 1.82) is 0 Å². The Kier molecular flexibility index (Phi) is 6.01. The van der Waals surface area contributed by atoms with Crippen LogP contribution in [0.25, 0.3) is 16.9 Å². The van der Waals surface area contributed by atoms with Gasteiger partial charge in [-0.25, -0.2) is 9.48 Å². The van der Waals surface area contributed by atoms with E-state index in [1.807, 2.05) is 54.6 Å². The summed E-state index contributed by atoms with van der Waals surface area (Å²) in [6, 6.07) is 16.9. The average molecular weight is 383 g/mol. The highest BCUT2D eigenvalue weighted by Gasteiger charge is 2.12. The maximum atomic E-state index is 10.5. The van der Waals surface area contributed by atoms with Gasteiger partial charge in [0.2, 0.25) is 5.88 Å². The number of carbonyl (C=O) groups is 1. The van der Waals surface area contributed by atoms with Crippen LogP contribution in [0, 0.1) is 0 Å². The van der Waals surface area contributed by atoms with Crippen LogP contribution in [0.15, 0.2) is 54.6 Å². The first-order valence-corrected chi connectivity index (χ1v) is 8.54. The number of ether oxygens (including phenoxy) is 4. The standard InChI is InChI=1S/C20H21N3O5/c1-25-16-9-5-15(6-10-16)23-18(13-19(22-23)26-2)14-3-7-17(8-4-14)27-11-12-28-20(21)24/h3-10,13H,11-12H2,1-2H3,(H2,21,24). The first kappa shape index (κ1) is 19.1. The maximum Gasteiger partial charge on any atom is 0.404 e. The molecule has 28 heavy (non-hydrogen) atoms. The molecule has 2 aromatic carbocycles. The predicted molar refractivity (Wildman–Crippen MR) is 103 cm³/mol. The minimum atomic E-state index is -0.820. The lowest BCUT2D eigenvalue weighted by Crippen LogP contribution is -2.17. The zero-order valence-electron chi connectivity index (χ0n) is 15.6. The molecule has 0 aliphatic heterocycles. The molecule has 1 aromatic heterocycles. The van der Waals surface area contributed by atoms with E-state index in [1.165, 1.54) is 0 Å². The third kappa shape index (κ3) is 4.53. The van der Waals surface area contributed by atoms with Crippen LogP contribution in [-0.4, -0.2) is 43.3 Å². The smallest absolute Gasteiger partial charge is 0.404 e. The van der Waals surface area contributed by atoms with Crippen LogP contribution in [0.4, 0.5) is 4.79 Å². The molecule has 1 heterocycles. The summed E-state index contributed by atoms with van der Waals surface area (Å²) in [5.74, 6) is 1.93. The van der Waals surface area contributed by atoms with Gasteiger partial charge in [-0.1, -0.05) is 0 Å². The Hall–Kier alpha value is -3.68. The molecule has 3 aromatic rings. The molecule has 0 spiro atoms. The van der Waals surface area contributed by atoms with Crippen molar-refractivity contribution in [1.82, 2.24) is 9.78 Å². The molecule has 0 aliphatic carbocycles. The summed E-state index contributed by atoms with van der Waals surface area (Å²) < 4.78 is 22.5. The van der Waals surface area contributed by atoms with Crippen molar-refractivity contribution in [3.8, 4) is 34.3 Å². The quantitative estimate of drug-likeness (QED) is 0.601. The highest BCUT2D eigenvalue weighted by molar-refractivity contribution is 5.65. The molecule has 0 saturated carbocycles. The third-order valence-corrected chi connectivity index (χ3v) is 3.96. The van der Waals surface area contributed by atoms with Gasteiger partial charge in [-0.3, -0.25) is 0 Å². The molecule has 3 rings (SSSR count). The van der Waals surface area contributed by atoms with E-state index in [-0.39, 0.29) is 13.2 Å². The first-order chi connectivity index (χ1) is 13.6. The topological polar surface area (TPSA) is 97.8 Å². The van der Waals surface area contributed by atoms with Crippen molar-refractivity contribution in [3.05, 3.63) is 54.6 Å². The Morgan fingerprint density at radius 1 is 0.964 bits per heavy atom. The summed E-state index contributed by atoms with van der Waals surface area (Å²) in [6.45, 7) is 0.318. The van der Waals surface area contributed by atoms with Crippen LogP contribution in [0.5, 0.6) is 17.4 Å². The van der Waals surface area contributed by atoms with Crippen LogP contribution in [0.1, 0.15) is 0 Å². The van der Waals surface area contributed by atoms with Gasteiger partial charge in [0, 0.05) is 11.6 Å². The molecule has 0 aliphatic rings. The first-order valence-electron chi connectivity index (χ1n) is 8.54. The van der Waals surface area contributed by atoms with E-state index in [0.717, 1.165) is 22.7 Å². The molecule has 0 bridgehead atoms. The summed E-state index contributed by atoms with van der Waals surface area (Å²) in [4.78, 5) is 10.5. The van der Waals surface area contributed by atoms with Crippen molar-refractivity contribution < 1.29 is 23.7 Å². The fraction of sp³-hybridized carbons (Fsp3) is 0.200. The second-order valence-corrected chi connectivity index (χ2v) is 5.72. The molecule has 1 amide bonds. The fourth-order valence-electron chi connectivity index (χ4n) is 2.61. The molecule has 8 heteroatoms. The molecule has 0 radical (unpaired) electrons. The van der Waals surface area contributed by atoms with Gasteiger partial charge in [0.15, 0.2) is 0 Å². The zero-order chi connectivity index (χ0) is 19.9. The molecule has 8 nitrogen and oxygen atoms in total. The Balaban J connectivity index is 1.80. The highest BCUT2D eigenvalue weighted by atomic mass is 16.6. The van der Waals surface area contributed by atoms with E-state index in [0.29, 0.717) is 11.6 Å². The molecule has 146 valence electrons. The van der Waals surface area contributed by atoms with E-state index in [9.17, 15) is 4.79 Å². The van der Waals surface area contributed by atoms with Crippen molar-refractivity contribution in [2.24, 2.45) is 5.73 Å². The Morgan fingerprint density at radius 2 is 1.64 bits per heavy atom. The van der Waals surface area contributed by atoms with E-state index in [4.69, 9.17) is 19.9 Å². The second kappa shape index (κ2) is 8.81. The summed E-state index contributed by atoms with van der Waals surface area (Å²) in [5.41, 5.74) is 7.59.